The van der Waals surface area contributed by atoms with E-state index >= 15 is 0 Å². The zero-order valence-corrected chi connectivity index (χ0v) is 24.4. The van der Waals surface area contributed by atoms with Gasteiger partial charge in [0.25, 0.3) is 0 Å². The SMILES string of the molecule is O=c1c2ccccc2oc2ccc(-c3ccc4cc(-c5cc6c7c(c5)Oc5ccccc5N7c5ccccc5O6)ccc4c3)cc12. The smallest absolute Gasteiger partial charge is 0.200 e. The standard InChI is InChI=1S/C41H23NO4/c43-41-30-7-1-4-10-34(30)44-35-18-17-28(21-31(35)41)26-14-13-25-20-27(16-15-24(25)19-26)29-22-38-40-39(23-29)46-37-12-6-3-9-33(37)42(40)32-8-2-5-11-36(32)45-38/h1-23H. The Balaban J connectivity index is 1.05. The minimum Gasteiger partial charge on any atom is -0.456 e. The van der Waals surface area contributed by atoms with Gasteiger partial charge in [0.15, 0.2) is 23.0 Å². The average molecular weight is 594 g/mol. The van der Waals surface area contributed by atoms with Crippen molar-refractivity contribution in [2.24, 2.45) is 0 Å². The number of benzene rings is 7. The van der Waals surface area contributed by atoms with E-state index in [0.717, 1.165) is 73.1 Å². The van der Waals surface area contributed by atoms with Crippen LogP contribution < -0.4 is 19.8 Å². The van der Waals surface area contributed by atoms with Crippen LogP contribution in [0.15, 0.2) is 149 Å². The number of anilines is 3. The van der Waals surface area contributed by atoms with Gasteiger partial charge >= 0.3 is 0 Å². The molecule has 2 aliphatic heterocycles. The fraction of sp³-hybridized carbons (Fsp3) is 0. The highest BCUT2D eigenvalue weighted by molar-refractivity contribution is 5.97. The van der Waals surface area contributed by atoms with Crippen molar-refractivity contribution in [1.82, 2.24) is 0 Å². The van der Waals surface area contributed by atoms with Gasteiger partial charge in [-0.3, -0.25) is 9.69 Å². The van der Waals surface area contributed by atoms with Crippen LogP contribution in [0.4, 0.5) is 17.1 Å². The van der Waals surface area contributed by atoms with E-state index in [1.807, 2.05) is 78.9 Å². The highest BCUT2D eigenvalue weighted by Crippen LogP contribution is 2.60. The molecule has 0 unspecified atom stereocenters. The Morgan fingerprint density at radius 2 is 0.978 bits per heavy atom. The topological polar surface area (TPSA) is 51.9 Å². The van der Waals surface area contributed by atoms with Crippen LogP contribution in [0.3, 0.4) is 0 Å². The first-order chi connectivity index (χ1) is 22.7. The molecule has 5 nitrogen and oxygen atoms in total. The molecule has 7 aromatic carbocycles. The van der Waals surface area contributed by atoms with Gasteiger partial charge in [0, 0.05) is 0 Å². The van der Waals surface area contributed by atoms with Gasteiger partial charge < -0.3 is 13.9 Å². The molecule has 0 saturated carbocycles. The van der Waals surface area contributed by atoms with Crippen LogP contribution in [0.25, 0.3) is 55.0 Å². The quantitative estimate of drug-likeness (QED) is 0.187. The maximum Gasteiger partial charge on any atom is 0.200 e. The van der Waals surface area contributed by atoms with Crippen LogP contribution in [0.2, 0.25) is 0 Å². The Morgan fingerprint density at radius 3 is 1.67 bits per heavy atom. The van der Waals surface area contributed by atoms with Crippen LogP contribution >= 0.6 is 0 Å². The van der Waals surface area contributed by atoms with Crippen molar-refractivity contribution >= 4 is 49.8 Å². The summed E-state index contributed by atoms with van der Waals surface area (Å²) >= 11 is 0. The Kier molecular flexibility index (Phi) is 5.08. The fourth-order valence-corrected chi connectivity index (χ4v) is 6.78. The summed E-state index contributed by atoms with van der Waals surface area (Å²) in [4.78, 5) is 15.5. The predicted octanol–water partition coefficient (Wildman–Crippen LogP) is 11.1. The van der Waals surface area contributed by atoms with Crippen molar-refractivity contribution in [2.45, 2.75) is 0 Å². The molecule has 0 spiro atoms. The number of hydrogen-bond donors (Lipinski definition) is 0. The van der Waals surface area contributed by atoms with Crippen molar-refractivity contribution < 1.29 is 13.9 Å². The van der Waals surface area contributed by atoms with Crippen molar-refractivity contribution in [3.63, 3.8) is 0 Å². The van der Waals surface area contributed by atoms with Crippen molar-refractivity contribution in [2.75, 3.05) is 4.90 Å². The van der Waals surface area contributed by atoms with Gasteiger partial charge in [0.05, 0.1) is 22.1 Å². The summed E-state index contributed by atoms with van der Waals surface area (Å²) in [5, 5.41) is 3.38. The van der Waals surface area contributed by atoms with Gasteiger partial charge in [-0.1, -0.05) is 66.7 Å². The lowest BCUT2D eigenvalue weighted by molar-refractivity contribution is 0.446. The van der Waals surface area contributed by atoms with Crippen molar-refractivity contribution in [3.8, 4) is 45.3 Å². The lowest BCUT2D eigenvalue weighted by Crippen LogP contribution is -2.20. The van der Waals surface area contributed by atoms with Crippen LogP contribution in [0.1, 0.15) is 0 Å². The molecule has 0 saturated heterocycles. The summed E-state index contributed by atoms with van der Waals surface area (Å²) < 4.78 is 18.9. The molecular formula is C41H23NO4. The average Bonchev–Trinajstić information content (AvgIpc) is 3.11. The molecule has 0 N–H and O–H groups in total. The van der Waals surface area contributed by atoms with Crippen molar-refractivity contribution in [3.05, 3.63) is 150 Å². The molecule has 46 heavy (non-hydrogen) atoms. The molecule has 1 aromatic heterocycles. The molecule has 216 valence electrons. The second kappa shape index (κ2) is 9.34. The predicted molar refractivity (Wildman–Crippen MR) is 183 cm³/mol. The minimum absolute atomic E-state index is 0.0173. The molecule has 0 bridgehead atoms. The van der Waals surface area contributed by atoms with Gasteiger partial charge in [0.2, 0.25) is 5.43 Å². The molecular weight excluding hydrogens is 570 g/mol. The van der Waals surface area contributed by atoms with E-state index in [2.05, 4.69) is 65.6 Å². The molecule has 0 radical (unpaired) electrons. The normalized spacial score (nSPS) is 12.7. The number of rotatable bonds is 2. The number of para-hydroxylation sites is 5. The minimum atomic E-state index is -0.0173. The Morgan fingerprint density at radius 1 is 0.435 bits per heavy atom. The van der Waals surface area contributed by atoms with Crippen LogP contribution in [-0.4, -0.2) is 0 Å². The van der Waals surface area contributed by atoms with Crippen LogP contribution in [0.5, 0.6) is 23.0 Å². The van der Waals surface area contributed by atoms with Gasteiger partial charge in [-0.05, 0) is 106 Å². The van der Waals surface area contributed by atoms with Gasteiger partial charge in [-0.25, -0.2) is 0 Å². The van der Waals surface area contributed by atoms with Gasteiger partial charge in [0.1, 0.15) is 16.9 Å². The number of ether oxygens (including phenoxy) is 2. The summed E-state index contributed by atoms with van der Waals surface area (Å²) in [6.07, 6.45) is 0. The third-order valence-corrected chi connectivity index (χ3v) is 9.00. The van der Waals surface area contributed by atoms with Crippen molar-refractivity contribution in [1.29, 1.82) is 0 Å². The molecule has 0 fully saturated rings. The summed E-state index contributed by atoms with van der Waals surface area (Å²) in [5.74, 6) is 3.12. The Labute approximate surface area is 263 Å². The van der Waals surface area contributed by atoms with E-state index in [1.165, 1.54) is 0 Å². The number of nitrogens with zero attached hydrogens (tertiary/aromatic N) is 1. The van der Waals surface area contributed by atoms with E-state index in [4.69, 9.17) is 13.9 Å². The van der Waals surface area contributed by atoms with E-state index in [1.54, 1.807) is 0 Å². The second-order valence-electron chi connectivity index (χ2n) is 11.7. The van der Waals surface area contributed by atoms with E-state index in [9.17, 15) is 4.79 Å². The Bertz CT molecular complexity index is 2570. The molecule has 10 rings (SSSR count). The lowest BCUT2D eigenvalue weighted by atomic mass is 9.96. The lowest BCUT2D eigenvalue weighted by Gasteiger charge is -2.38. The fourth-order valence-electron chi connectivity index (χ4n) is 6.78. The van der Waals surface area contributed by atoms with E-state index in [-0.39, 0.29) is 5.43 Å². The molecule has 5 heteroatoms. The van der Waals surface area contributed by atoms with Crippen LogP contribution in [0, 0.1) is 0 Å². The molecule has 2 aliphatic rings. The number of hydrogen-bond acceptors (Lipinski definition) is 5. The zero-order chi connectivity index (χ0) is 30.4. The summed E-state index contributed by atoms with van der Waals surface area (Å²) in [6, 6.07) is 46.4. The second-order valence-corrected chi connectivity index (χ2v) is 11.7. The molecule has 3 heterocycles. The highest BCUT2D eigenvalue weighted by Gasteiger charge is 2.34. The first-order valence-electron chi connectivity index (χ1n) is 15.2. The van der Waals surface area contributed by atoms with Crippen LogP contribution in [-0.2, 0) is 0 Å². The zero-order valence-electron chi connectivity index (χ0n) is 24.4. The first-order valence-corrected chi connectivity index (χ1v) is 15.2. The third kappa shape index (κ3) is 3.66. The third-order valence-electron chi connectivity index (χ3n) is 9.00. The van der Waals surface area contributed by atoms with Gasteiger partial charge in [-0.2, -0.15) is 0 Å². The Hall–Kier alpha value is -6.33. The largest absolute Gasteiger partial charge is 0.456 e. The van der Waals surface area contributed by atoms with E-state index < -0.39 is 0 Å². The summed E-state index contributed by atoms with van der Waals surface area (Å²) in [6.45, 7) is 0. The molecule has 0 amide bonds. The number of fused-ring (bicyclic) bond motifs is 7. The summed E-state index contributed by atoms with van der Waals surface area (Å²) in [7, 11) is 0. The summed E-state index contributed by atoms with van der Waals surface area (Å²) in [5.41, 5.74) is 8.12. The molecule has 0 atom stereocenters. The molecule has 8 aromatic rings. The highest BCUT2D eigenvalue weighted by atomic mass is 16.5. The monoisotopic (exact) mass is 593 g/mol. The van der Waals surface area contributed by atoms with E-state index in [0.29, 0.717) is 21.9 Å². The van der Waals surface area contributed by atoms with Gasteiger partial charge in [-0.15, -0.1) is 0 Å². The maximum absolute atomic E-state index is 13.3. The molecule has 0 aliphatic carbocycles. The maximum atomic E-state index is 13.3. The first kappa shape index (κ1) is 25.0.